The van der Waals surface area contributed by atoms with Crippen LogP contribution in [0.25, 0.3) is 0 Å². The van der Waals surface area contributed by atoms with Crippen LogP contribution in [-0.2, 0) is 9.09 Å². The van der Waals surface area contributed by atoms with Crippen molar-refractivity contribution < 1.29 is 14.0 Å². The molecule has 14 heavy (non-hydrogen) atoms. The smallest absolute Gasteiger partial charge is 0.316 e. The SMILES string of the molecule is CC(C)N1CCCC(CO[PH](=O)O)C1. The van der Waals surface area contributed by atoms with Crippen molar-refractivity contribution in [2.45, 2.75) is 32.7 Å². The van der Waals surface area contributed by atoms with Crippen molar-refractivity contribution in [3.8, 4) is 0 Å². The van der Waals surface area contributed by atoms with Crippen LogP contribution in [0.2, 0.25) is 0 Å². The van der Waals surface area contributed by atoms with Crippen LogP contribution in [0.1, 0.15) is 26.7 Å². The van der Waals surface area contributed by atoms with E-state index in [0.29, 0.717) is 18.6 Å². The Kier molecular flexibility index (Phi) is 5.10. The van der Waals surface area contributed by atoms with Crippen LogP contribution in [0.4, 0.5) is 0 Å². The summed E-state index contributed by atoms with van der Waals surface area (Å²) in [6, 6.07) is 0.559. The predicted octanol–water partition coefficient (Wildman–Crippen LogP) is 1.51. The molecule has 2 unspecified atom stereocenters. The Morgan fingerprint density at radius 2 is 2.36 bits per heavy atom. The van der Waals surface area contributed by atoms with Crippen LogP contribution in [0, 0.1) is 5.92 Å². The molecule has 1 N–H and O–H groups in total. The Hall–Kier alpha value is 0.110. The Labute approximate surface area is 86.2 Å². The van der Waals surface area contributed by atoms with Gasteiger partial charge in [0.2, 0.25) is 0 Å². The van der Waals surface area contributed by atoms with Crippen molar-refractivity contribution in [2.75, 3.05) is 19.7 Å². The normalized spacial score (nSPS) is 26.7. The largest absolute Gasteiger partial charge is 0.326 e. The zero-order valence-electron chi connectivity index (χ0n) is 8.90. The molecule has 0 radical (unpaired) electrons. The third kappa shape index (κ3) is 4.09. The summed E-state index contributed by atoms with van der Waals surface area (Å²) in [5.41, 5.74) is 0. The minimum atomic E-state index is -2.74. The number of likely N-dealkylation sites (tertiary alicyclic amines) is 1. The Balaban J connectivity index is 2.29. The number of piperidine rings is 1. The lowest BCUT2D eigenvalue weighted by Crippen LogP contribution is -2.41. The summed E-state index contributed by atoms with van der Waals surface area (Å²) in [6.45, 7) is 6.92. The summed E-state index contributed by atoms with van der Waals surface area (Å²) in [5, 5.41) is 0. The molecule has 1 rings (SSSR count). The molecular formula is C9H20NO3P. The quantitative estimate of drug-likeness (QED) is 0.731. The molecule has 4 nitrogen and oxygen atoms in total. The third-order valence-electron chi connectivity index (χ3n) is 2.72. The van der Waals surface area contributed by atoms with Crippen molar-refractivity contribution in [2.24, 2.45) is 5.92 Å². The van der Waals surface area contributed by atoms with Crippen LogP contribution in [0.5, 0.6) is 0 Å². The molecule has 0 saturated carbocycles. The van der Waals surface area contributed by atoms with Crippen molar-refractivity contribution >= 4 is 8.25 Å². The molecule has 2 atom stereocenters. The summed E-state index contributed by atoms with van der Waals surface area (Å²) in [5.74, 6) is 0.423. The summed E-state index contributed by atoms with van der Waals surface area (Å²) < 4.78 is 15.2. The lowest BCUT2D eigenvalue weighted by atomic mass is 9.98. The van der Waals surface area contributed by atoms with Gasteiger partial charge in [0.05, 0.1) is 6.61 Å². The third-order valence-corrected chi connectivity index (χ3v) is 3.14. The summed E-state index contributed by atoms with van der Waals surface area (Å²) >= 11 is 0. The monoisotopic (exact) mass is 221 g/mol. The molecule has 0 aromatic carbocycles. The second kappa shape index (κ2) is 5.86. The van der Waals surface area contributed by atoms with E-state index in [0.717, 1.165) is 19.5 Å². The van der Waals surface area contributed by atoms with E-state index >= 15 is 0 Å². The van der Waals surface area contributed by atoms with Crippen molar-refractivity contribution in [3.63, 3.8) is 0 Å². The van der Waals surface area contributed by atoms with E-state index in [2.05, 4.69) is 18.7 Å². The molecule has 1 aliphatic rings. The molecule has 0 amide bonds. The number of nitrogens with zero attached hydrogens (tertiary/aromatic N) is 1. The molecule has 0 spiro atoms. The van der Waals surface area contributed by atoms with Crippen molar-refractivity contribution in [1.29, 1.82) is 0 Å². The lowest BCUT2D eigenvalue weighted by Gasteiger charge is -2.35. The van der Waals surface area contributed by atoms with E-state index < -0.39 is 8.25 Å². The molecule has 1 heterocycles. The van der Waals surface area contributed by atoms with Gasteiger partial charge in [-0.05, 0) is 39.2 Å². The number of hydrogen-bond donors (Lipinski definition) is 1. The fourth-order valence-electron chi connectivity index (χ4n) is 1.89. The Bertz CT molecular complexity index is 198. The van der Waals surface area contributed by atoms with Gasteiger partial charge in [0.25, 0.3) is 0 Å². The fraction of sp³-hybridized carbons (Fsp3) is 1.00. The molecule has 84 valence electrons. The highest BCUT2D eigenvalue weighted by Crippen LogP contribution is 2.23. The highest BCUT2D eigenvalue weighted by atomic mass is 31.1. The van der Waals surface area contributed by atoms with Crippen LogP contribution in [-0.4, -0.2) is 35.5 Å². The van der Waals surface area contributed by atoms with E-state index in [1.807, 2.05) is 0 Å². The Morgan fingerprint density at radius 1 is 1.64 bits per heavy atom. The van der Waals surface area contributed by atoms with Gasteiger partial charge in [-0.1, -0.05) is 0 Å². The summed E-state index contributed by atoms with van der Waals surface area (Å²) in [6.07, 6.45) is 2.27. The van der Waals surface area contributed by atoms with Crippen LogP contribution < -0.4 is 0 Å². The van der Waals surface area contributed by atoms with Crippen LogP contribution in [0.3, 0.4) is 0 Å². The second-order valence-electron chi connectivity index (χ2n) is 4.17. The molecule has 1 aliphatic heterocycles. The van der Waals surface area contributed by atoms with Gasteiger partial charge in [-0.25, -0.2) is 0 Å². The maximum Gasteiger partial charge on any atom is 0.316 e. The fourth-order valence-corrected chi connectivity index (χ4v) is 2.27. The standard InChI is InChI=1S/C9H20NO3P/c1-8(2)10-5-3-4-9(6-10)7-13-14(11)12/h8-9,14H,3-7H2,1-2H3,(H,11,12). The van der Waals surface area contributed by atoms with E-state index in [9.17, 15) is 4.57 Å². The average molecular weight is 221 g/mol. The minimum Gasteiger partial charge on any atom is -0.326 e. The van der Waals surface area contributed by atoms with Crippen molar-refractivity contribution in [3.05, 3.63) is 0 Å². The molecule has 1 fully saturated rings. The molecule has 0 aromatic heterocycles. The lowest BCUT2D eigenvalue weighted by molar-refractivity contribution is 0.105. The number of rotatable bonds is 4. The Morgan fingerprint density at radius 3 is 2.93 bits per heavy atom. The highest BCUT2D eigenvalue weighted by Gasteiger charge is 2.21. The van der Waals surface area contributed by atoms with Crippen molar-refractivity contribution in [1.82, 2.24) is 4.90 Å². The first kappa shape index (κ1) is 12.2. The first-order valence-electron chi connectivity index (χ1n) is 5.19. The summed E-state index contributed by atoms with van der Waals surface area (Å²) in [7, 11) is -2.74. The van der Waals surface area contributed by atoms with Gasteiger partial charge in [0, 0.05) is 12.6 Å². The average Bonchev–Trinajstić information content (AvgIpc) is 2.15. The second-order valence-corrected chi connectivity index (χ2v) is 4.99. The van der Waals surface area contributed by atoms with Gasteiger partial charge in [0.1, 0.15) is 0 Å². The molecule has 0 bridgehead atoms. The van der Waals surface area contributed by atoms with Crippen LogP contribution >= 0.6 is 8.25 Å². The van der Waals surface area contributed by atoms with Crippen LogP contribution in [0.15, 0.2) is 0 Å². The number of hydrogen-bond acceptors (Lipinski definition) is 3. The van der Waals surface area contributed by atoms with Gasteiger partial charge >= 0.3 is 8.25 Å². The molecule has 5 heteroatoms. The maximum absolute atomic E-state index is 10.4. The van der Waals surface area contributed by atoms with Gasteiger partial charge in [-0.2, -0.15) is 0 Å². The van der Waals surface area contributed by atoms with Gasteiger partial charge < -0.3 is 14.3 Å². The topological polar surface area (TPSA) is 49.8 Å². The zero-order chi connectivity index (χ0) is 10.6. The van der Waals surface area contributed by atoms with Gasteiger partial charge in [-0.15, -0.1) is 0 Å². The first-order valence-corrected chi connectivity index (χ1v) is 6.45. The maximum atomic E-state index is 10.4. The van der Waals surface area contributed by atoms with Gasteiger partial charge in [-0.3, -0.25) is 4.57 Å². The predicted molar refractivity (Wildman–Crippen MR) is 56.6 cm³/mol. The van der Waals surface area contributed by atoms with Gasteiger partial charge in [0.15, 0.2) is 0 Å². The summed E-state index contributed by atoms with van der Waals surface area (Å²) in [4.78, 5) is 11.0. The highest BCUT2D eigenvalue weighted by molar-refractivity contribution is 7.32. The van der Waals surface area contributed by atoms with E-state index in [1.54, 1.807) is 0 Å². The zero-order valence-corrected chi connectivity index (χ0v) is 9.90. The first-order chi connectivity index (χ1) is 6.59. The van der Waals surface area contributed by atoms with E-state index in [-0.39, 0.29) is 0 Å². The molecule has 0 aromatic rings. The molecule has 0 aliphatic carbocycles. The van der Waals surface area contributed by atoms with E-state index in [1.165, 1.54) is 6.42 Å². The minimum absolute atomic E-state index is 0.423. The van der Waals surface area contributed by atoms with E-state index in [4.69, 9.17) is 9.42 Å². The molecule has 1 saturated heterocycles. The molecular weight excluding hydrogens is 201 g/mol.